The molecule has 0 aliphatic heterocycles. The third kappa shape index (κ3) is 3.36. The predicted molar refractivity (Wildman–Crippen MR) is 80.2 cm³/mol. The van der Waals surface area contributed by atoms with Gasteiger partial charge in [-0.3, -0.25) is 9.89 Å². The first-order chi connectivity index (χ1) is 8.90. The van der Waals surface area contributed by atoms with Gasteiger partial charge in [0, 0.05) is 6.54 Å². The Balaban J connectivity index is 2.95. The molecule has 0 saturated carbocycles. The molecule has 0 aliphatic rings. The number of nitrogens with one attached hydrogen (secondary N) is 2. The minimum atomic E-state index is -0.354. The Morgan fingerprint density at radius 2 is 2.05 bits per heavy atom. The number of halogens is 1. The molecule has 0 fully saturated rings. The van der Waals surface area contributed by atoms with Gasteiger partial charge in [0.1, 0.15) is 0 Å². The van der Waals surface area contributed by atoms with Crippen molar-refractivity contribution in [2.45, 2.75) is 52.0 Å². The largest absolute Gasteiger partial charge is 0.344 e. The summed E-state index contributed by atoms with van der Waals surface area (Å²) in [4.78, 5) is 12.3. The number of nitrogens with zero attached hydrogens (tertiary/aromatic N) is 1. The van der Waals surface area contributed by atoms with Gasteiger partial charge < -0.3 is 11.1 Å². The Bertz CT molecular complexity index is 430. The zero-order valence-corrected chi connectivity index (χ0v) is 13.6. The number of rotatable bonds is 6. The topological polar surface area (TPSA) is 83.8 Å². The Kier molecular flexibility index (Phi) is 5.55. The third-order valence-corrected chi connectivity index (χ3v) is 4.45. The maximum Gasteiger partial charge on any atom is 0.273 e. The van der Waals surface area contributed by atoms with E-state index in [0.29, 0.717) is 12.2 Å². The van der Waals surface area contributed by atoms with Crippen LogP contribution in [0.15, 0.2) is 4.47 Å². The van der Waals surface area contributed by atoms with Crippen molar-refractivity contribution in [2.75, 3.05) is 6.54 Å². The number of H-pyrrole nitrogens is 1. The second-order valence-corrected chi connectivity index (χ2v) is 5.89. The van der Waals surface area contributed by atoms with E-state index in [-0.39, 0.29) is 17.4 Å². The van der Waals surface area contributed by atoms with Gasteiger partial charge in [0.05, 0.1) is 15.7 Å². The first-order valence-electron chi connectivity index (χ1n) is 6.67. The lowest BCUT2D eigenvalue weighted by atomic mass is 9.93. The molecular weight excluding hydrogens is 308 g/mol. The smallest absolute Gasteiger partial charge is 0.273 e. The van der Waals surface area contributed by atoms with Crippen molar-refractivity contribution < 1.29 is 4.79 Å². The number of carbonyl (C=O) groups excluding carboxylic acids is 1. The molecule has 0 spiro atoms. The highest BCUT2D eigenvalue weighted by atomic mass is 79.9. The van der Waals surface area contributed by atoms with Crippen LogP contribution < -0.4 is 11.1 Å². The van der Waals surface area contributed by atoms with E-state index in [1.165, 1.54) is 0 Å². The van der Waals surface area contributed by atoms with Gasteiger partial charge in [0.25, 0.3) is 5.91 Å². The first kappa shape index (κ1) is 16.2. The predicted octanol–water partition coefficient (Wildman–Crippen LogP) is 2.54. The SMILES string of the molecule is CCC(CC)(CN)NC(=O)c1n[nH]c(C(C)C)c1Br. The van der Waals surface area contributed by atoms with Gasteiger partial charge >= 0.3 is 0 Å². The highest BCUT2D eigenvalue weighted by molar-refractivity contribution is 9.10. The molecule has 1 rings (SSSR count). The molecule has 108 valence electrons. The van der Waals surface area contributed by atoms with Crippen LogP contribution in [0.5, 0.6) is 0 Å². The number of carbonyl (C=O) groups is 1. The van der Waals surface area contributed by atoms with E-state index in [9.17, 15) is 4.79 Å². The molecule has 0 aromatic carbocycles. The van der Waals surface area contributed by atoms with Crippen LogP contribution in [0.25, 0.3) is 0 Å². The van der Waals surface area contributed by atoms with Crippen LogP contribution in [-0.2, 0) is 0 Å². The monoisotopic (exact) mass is 330 g/mol. The maximum atomic E-state index is 12.3. The molecule has 0 saturated heterocycles. The summed E-state index contributed by atoms with van der Waals surface area (Å²) in [7, 11) is 0. The summed E-state index contributed by atoms with van der Waals surface area (Å²) in [6.45, 7) is 8.56. The van der Waals surface area contributed by atoms with Crippen LogP contribution in [-0.4, -0.2) is 28.2 Å². The van der Waals surface area contributed by atoms with Gasteiger partial charge in [-0.05, 0) is 34.7 Å². The van der Waals surface area contributed by atoms with Crippen LogP contribution in [0.1, 0.15) is 62.6 Å². The molecule has 1 amide bonds. The summed E-state index contributed by atoms with van der Waals surface area (Å²) in [5.74, 6) is 0.0872. The second-order valence-electron chi connectivity index (χ2n) is 5.10. The van der Waals surface area contributed by atoms with Gasteiger partial charge in [-0.25, -0.2) is 0 Å². The number of amides is 1. The van der Waals surface area contributed by atoms with Gasteiger partial charge in [-0.1, -0.05) is 27.7 Å². The third-order valence-electron chi connectivity index (χ3n) is 3.65. The van der Waals surface area contributed by atoms with Crippen molar-refractivity contribution in [3.05, 3.63) is 15.9 Å². The van der Waals surface area contributed by atoms with E-state index in [2.05, 4.69) is 31.4 Å². The fraction of sp³-hybridized carbons (Fsp3) is 0.692. The average molecular weight is 331 g/mol. The van der Waals surface area contributed by atoms with Crippen LogP contribution in [0.3, 0.4) is 0 Å². The first-order valence-corrected chi connectivity index (χ1v) is 7.46. The van der Waals surface area contributed by atoms with Gasteiger partial charge in [0.15, 0.2) is 5.69 Å². The summed E-state index contributed by atoms with van der Waals surface area (Å²) < 4.78 is 0.734. The van der Waals surface area contributed by atoms with Gasteiger partial charge in [-0.2, -0.15) is 5.10 Å². The van der Waals surface area contributed by atoms with E-state index >= 15 is 0 Å². The minimum Gasteiger partial charge on any atom is -0.344 e. The molecule has 0 aliphatic carbocycles. The van der Waals surface area contributed by atoms with Crippen molar-refractivity contribution >= 4 is 21.8 Å². The number of hydrogen-bond donors (Lipinski definition) is 3. The summed E-state index contributed by atoms with van der Waals surface area (Å²) in [6, 6.07) is 0. The quantitative estimate of drug-likeness (QED) is 0.749. The van der Waals surface area contributed by atoms with Crippen molar-refractivity contribution in [3.8, 4) is 0 Å². The summed E-state index contributed by atoms with van der Waals surface area (Å²) in [6.07, 6.45) is 1.59. The summed E-state index contributed by atoms with van der Waals surface area (Å²) >= 11 is 3.44. The molecule has 1 aromatic heterocycles. The zero-order chi connectivity index (χ0) is 14.6. The Labute approximate surface area is 122 Å². The highest BCUT2D eigenvalue weighted by Gasteiger charge is 2.29. The molecule has 0 bridgehead atoms. The van der Waals surface area contributed by atoms with Crippen molar-refractivity contribution in [3.63, 3.8) is 0 Å². The maximum absolute atomic E-state index is 12.3. The Morgan fingerprint density at radius 3 is 2.42 bits per heavy atom. The molecule has 19 heavy (non-hydrogen) atoms. The van der Waals surface area contributed by atoms with Crippen LogP contribution >= 0.6 is 15.9 Å². The lowest BCUT2D eigenvalue weighted by Crippen LogP contribution is -2.53. The number of hydrogen-bond acceptors (Lipinski definition) is 3. The lowest BCUT2D eigenvalue weighted by Gasteiger charge is -2.31. The van der Waals surface area contributed by atoms with Crippen molar-refractivity contribution in [2.24, 2.45) is 5.73 Å². The molecule has 6 heteroatoms. The lowest BCUT2D eigenvalue weighted by molar-refractivity contribution is 0.0889. The summed E-state index contributed by atoms with van der Waals surface area (Å²) in [5.41, 5.74) is 6.76. The molecule has 1 aromatic rings. The standard InChI is InChI=1S/C13H23BrN4O/c1-5-13(6-2,7-15)16-12(19)11-9(14)10(8(3)4)17-18-11/h8H,5-7,15H2,1-4H3,(H,16,19)(H,17,18). The fourth-order valence-corrected chi connectivity index (χ4v) is 2.76. The molecule has 5 nitrogen and oxygen atoms in total. The molecule has 4 N–H and O–H groups in total. The molecule has 0 atom stereocenters. The number of nitrogens with two attached hydrogens (primary N) is 1. The van der Waals surface area contributed by atoms with E-state index in [1.54, 1.807) is 0 Å². The highest BCUT2D eigenvalue weighted by Crippen LogP contribution is 2.26. The Morgan fingerprint density at radius 1 is 1.47 bits per heavy atom. The van der Waals surface area contributed by atoms with E-state index in [4.69, 9.17) is 5.73 Å². The van der Waals surface area contributed by atoms with Crippen LogP contribution in [0.2, 0.25) is 0 Å². The second kappa shape index (κ2) is 6.52. The Hall–Kier alpha value is -0.880. The number of aromatic amines is 1. The number of aromatic nitrogens is 2. The minimum absolute atomic E-state index is 0.191. The summed E-state index contributed by atoms with van der Waals surface area (Å²) in [5, 5.41) is 10.0. The van der Waals surface area contributed by atoms with E-state index < -0.39 is 0 Å². The molecule has 0 radical (unpaired) electrons. The molecular formula is C13H23BrN4O. The van der Waals surface area contributed by atoms with Crippen molar-refractivity contribution in [1.82, 2.24) is 15.5 Å². The van der Waals surface area contributed by atoms with E-state index in [0.717, 1.165) is 23.0 Å². The van der Waals surface area contributed by atoms with E-state index in [1.807, 2.05) is 27.7 Å². The van der Waals surface area contributed by atoms with Crippen LogP contribution in [0, 0.1) is 0 Å². The average Bonchev–Trinajstić information content (AvgIpc) is 2.78. The molecule has 1 heterocycles. The molecule has 0 unspecified atom stereocenters. The van der Waals surface area contributed by atoms with Crippen LogP contribution in [0.4, 0.5) is 0 Å². The fourth-order valence-electron chi connectivity index (χ4n) is 1.94. The van der Waals surface area contributed by atoms with Gasteiger partial charge in [0.2, 0.25) is 0 Å². The normalized spacial score (nSPS) is 11.9. The van der Waals surface area contributed by atoms with Crippen molar-refractivity contribution in [1.29, 1.82) is 0 Å². The zero-order valence-electron chi connectivity index (χ0n) is 12.0. The van der Waals surface area contributed by atoms with Gasteiger partial charge in [-0.15, -0.1) is 0 Å².